The molecule has 6 nitrogen and oxygen atoms in total. The molecule has 0 fully saturated rings. The monoisotopic (exact) mass is 682 g/mol. The quantitative estimate of drug-likeness (QED) is 0.0445. The highest BCUT2D eigenvalue weighted by Crippen LogP contribution is 2.18. The van der Waals surface area contributed by atoms with E-state index in [-0.39, 0.29) is 24.9 Å². The third kappa shape index (κ3) is 32.1. The van der Waals surface area contributed by atoms with Crippen molar-refractivity contribution in [3.8, 4) is 0 Å². The van der Waals surface area contributed by atoms with Crippen LogP contribution in [0.15, 0.2) is 0 Å². The number of rotatable bonds is 38. The maximum atomic E-state index is 13.0. The van der Waals surface area contributed by atoms with Crippen molar-refractivity contribution >= 4 is 11.9 Å². The molecule has 0 rings (SSSR count). The third-order valence-corrected chi connectivity index (χ3v) is 9.94. The van der Waals surface area contributed by atoms with Gasteiger partial charge in [0.05, 0.1) is 25.2 Å². The van der Waals surface area contributed by atoms with E-state index in [0.717, 1.165) is 44.9 Å². The second-order valence-corrected chi connectivity index (χ2v) is 14.8. The van der Waals surface area contributed by atoms with Gasteiger partial charge in [0, 0.05) is 6.42 Å². The number of ether oxygens (including phenoxy) is 1. The van der Waals surface area contributed by atoms with Gasteiger partial charge in [-0.2, -0.15) is 0 Å². The fourth-order valence-corrected chi connectivity index (χ4v) is 6.67. The average molecular weight is 682 g/mol. The Kier molecular flexibility index (Phi) is 36.2. The van der Waals surface area contributed by atoms with E-state index in [9.17, 15) is 19.8 Å². The van der Waals surface area contributed by atoms with Gasteiger partial charge in [0.15, 0.2) is 0 Å². The fraction of sp³-hybridized carbons (Fsp3) is 0.952. The number of amides is 1. The number of aliphatic hydroxyl groups excluding tert-OH is 2. The molecule has 0 aromatic heterocycles. The van der Waals surface area contributed by atoms with Crippen molar-refractivity contribution in [2.75, 3.05) is 6.61 Å². The molecule has 3 unspecified atom stereocenters. The van der Waals surface area contributed by atoms with Gasteiger partial charge < -0.3 is 20.3 Å². The lowest BCUT2D eigenvalue weighted by atomic mass is 10.0. The zero-order chi connectivity index (χ0) is 35.3. The molecule has 0 saturated carbocycles. The maximum absolute atomic E-state index is 13.0. The molecule has 0 saturated heterocycles. The predicted octanol–water partition coefficient (Wildman–Crippen LogP) is 11.7. The van der Waals surface area contributed by atoms with E-state index in [1.807, 2.05) is 0 Å². The summed E-state index contributed by atoms with van der Waals surface area (Å²) in [5.74, 6) is -0.466. The lowest BCUT2D eigenvalue weighted by Gasteiger charge is -2.24. The van der Waals surface area contributed by atoms with Crippen LogP contribution in [0.2, 0.25) is 0 Å². The largest absolute Gasteiger partial charge is 0.462 e. The summed E-state index contributed by atoms with van der Waals surface area (Å²) in [5.41, 5.74) is 0. The van der Waals surface area contributed by atoms with Gasteiger partial charge in [-0.15, -0.1) is 0 Å². The van der Waals surface area contributed by atoms with Crippen LogP contribution in [-0.2, 0) is 14.3 Å². The first-order valence-corrected chi connectivity index (χ1v) is 21.3. The Morgan fingerprint density at radius 1 is 0.521 bits per heavy atom. The first-order valence-electron chi connectivity index (χ1n) is 21.3. The second kappa shape index (κ2) is 37.1. The van der Waals surface area contributed by atoms with Crippen LogP contribution in [0.5, 0.6) is 0 Å². The van der Waals surface area contributed by atoms with Crippen LogP contribution in [0.3, 0.4) is 0 Å². The Morgan fingerprint density at radius 2 is 0.875 bits per heavy atom. The van der Waals surface area contributed by atoms with Gasteiger partial charge >= 0.3 is 5.97 Å². The van der Waals surface area contributed by atoms with Gasteiger partial charge in [-0.1, -0.05) is 194 Å². The number of nitrogens with one attached hydrogen (secondary N) is 1. The summed E-state index contributed by atoms with van der Waals surface area (Å²) in [4.78, 5) is 25.8. The van der Waals surface area contributed by atoms with Crippen molar-refractivity contribution in [1.82, 2.24) is 5.32 Å². The van der Waals surface area contributed by atoms with Crippen molar-refractivity contribution in [3.63, 3.8) is 0 Å². The SMILES string of the molecule is CCCCCCCCCCCCCC(=O)OC(CCCCCCCCCC)CC(=O)NC(CO)C(O)CCCCCCCCCCCC. The molecule has 0 aliphatic heterocycles. The Balaban J connectivity index is 4.50. The van der Waals surface area contributed by atoms with Crippen LogP contribution in [-0.4, -0.2) is 46.9 Å². The topological polar surface area (TPSA) is 95.9 Å². The Hall–Kier alpha value is -1.14. The van der Waals surface area contributed by atoms with Crippen molar-refractivity contribution in [3.05, 3.63) is 0 Å². The molecular weight excluding hydrogens is 598 g/mol. The molecule has 286 valence electrons. The minimum atomic E-state index is -0.775. The molecule has 0 bridgehead atoms. The number of esters is 1. The summed E-state index contributed by atoms with van der Waals surface area (Å²) >= 11 is 0. The van der Waals surface area contributed by atoms with E-state index in [1.54, 1.807) is 0 Å². The number of carbonyl (C=O) groups is 2. The van der Waals surface area contributed by atoms with E-state index < -0.39 is 18.2 Å². The van der Waals surface area contributed by atoms with Crippen LogP contribution in [0.4, 0.5) is 0 Å². The second-order valence-electron chi connectivity index (χ2n) is 14.8. The molecular formula is C42H83NO5. The number of unbranched alkanes of at least 4 members (excludes halogenated alkanes) is 26. The van der Waals surface area contributed by atoms with Crippen molar-refractivity contribution < 1.29 is 24.5 Å². The first-order chi connectivity index (χ1) is 23.5. The van der Waals surface area contributed by atoms with Gasteiger partial charge in [-0.05, 0) is 25.7 Å². The maximum Gasteiger partial charge on any atom is 0.306 e. The zero-order valence-electron chi connectivity index (χ0n) is 32.4. The molecule has 48 heavy (non-hydrogen) atoms. The molecule has 0 aliphatic rings. The van der Waals surface area contributed by atoms with E-state index in [4.69, 9.17) is 4.74 Å². The minimum absolute atomic E-state index is 0.0853. The molecule has 0 aliphatic carbocycles. The standard InChI is InChI=1S/C42H83NO5/c1-4-7-10-13-16-19-21-23-26-29-32-35-42(47)48-38(33-30-27-24-18-15-12-9-6-3)36-41(46)43-39(37-44)40(45)34-31-28-25-22-20-17-14-11-8-5-2/h38-40,44-45H,4-37H2,1-3H3,(H,43,46). The highest BCUT2D eigenvalue weighted by Gasteiger charge is 2.24. The number of carbonyl (C=O) groups excluding carboxylic acids is 2. The molecule has 0 heterocycles. The van der Waals surface area contributed by atoms with Crippen LogP contribution < -0.4 is 5.32 Å². The van der Waals surface area contributed by atoms with Crippen molar-refractivity contribution in [1.29, 1.82) is 0 Å². The Bertz CT molecular complexity index is 687. The molecule has 1 amide bonds. The summed E-state index contributed by atoms with van der Waals surface area (Å²) in [6.07, 6.45) is 35.9. The highest BCUT2D eigenvalue weighted by molar-refractivity contribution is 5.77. The Labute approximate surface area is 298 Å². The summed E-state index contributed by atoms with van der Waals surface area (Å²) in [7, 11) is 0. The first kappa shape index (κ1) is 46.9. The van der Waals surface area contributed by atoms with Crippen LogP contribution >= 0.6 is 0 Å². The number of hydrogen-bond donors (Lipinski definition) is 3. The highest BCUT2D eigenvalue weighted by atomic mass is 16.5. The van der Waals surface area contributed by atoms with E-state index in [1.165, 1.54) is 141 Å². The fourth-order valence-electron chi connectivity index (χ4n) is 6.67. The number of hydrogen-bond acceptors (Lipinski definition) is 5. The van der Waals surface area contributed by atoms with Gasteiger partial charge in [-0.25, -0.2) is 0 Å². The molecule has 0 aromatic rings. The summed E-state index contributed by atoms with van der Waals surface area (Å²) in [5, 5.41) is 23.5. The van der Waals surface area contributed by atoms with Crippen LogP contribution in [0.1, 0.15) is 233 Å². The molecule has 3 atom stereocenters. The molecule has 3 N–H and O–H groups in total. The number of aliphatic hydroxyl groups is 2. The summed E-state index contributed by atoms with van der Waals surface area (Å²) in [6, 6.07) is -0.688. The smallest absolute Gasteiger partial charge is 0.306 e. The predicted molar refractivity (Wildman–Crippen MR) is 204 cm³/mol. The van der Waals surface area contributed by atoms with Crippen LogP contribution in [0, 0.1) is 0 Å². The zero-order valence-corrected chi connectivity index (χ0v) is 32.4. The summed E-state index contributed by atoms with van der Waals surface area (Å²) < 4.78 is 5.86. The minimum Gasteiger partial charge on any atom is -0.462 e. The van der Waals surface area contributed by atoms with E-state index in [2.05, 4.69) is 26.1 Å². The molecule has 0 radical (unpaired) electrons. The van der Waals surface area contributed by atoms with Gasteiger partial charge in [0.25, 0.3) is 0 Å². The van der Waals surface area contributed by atoms with E-state index in [0.29, 0.717) is 19.3 Å². The lowest BCUT2D eigenvalue weighted by molar-refractivity contribution is -0.151. The van der Waals surface area contributed by atoms with Gasteiger partial charge in [0.2, 0.25) is 5.91 Å². The Morgan fingerprint density at radius 3 is 1.27 bits per heavy atom. The summed E-state index contributed by atoms with van der Waals surface area (Å²) in [6.45, 7) is 6.43. The molecule has 0 spiro atoms. The van der Waals surface area contributed by atoms with Gasteiger partial charge in [-0.3, -0.25) is 9.59 Å². The third-order valence-electron chi connectivity index (χ3n) is 9.94. The average Bonchev–Trinajstić information content (AvgIpc) is 3.07. The van der Waals surface area contributed by atoms with Crippen LogP contribution in [0.25, 0.3) is 0 Å². The lowest BCUT2D eigenvalue weighted by Crippen LogP contribution is -2.46. The molecule has 0 aromatic carbocycles. The van der Waals surface area contributed by atoms with E-state index >= 15 is 0 Å². The van der Waals surface area contributed by atoms with Crippen molar-refractivity contribution in [2.24, 2.45) is 0 Å². The van der Waals surface area contributed by atoms with Gasteiger partial charge in [0.1, 0.15) is 6.10 Å². The normalized spacial score (nSPS) is 13.4. The van der Waals surface area contributed by atoms with Crippen molar-refractivity contribution in [2.45, 2.75) is 251 Å². The molecule has 6 heteroatoms.